The molecule has 0 unspecified atom stereocenters. The second-order valence-electron chi connectivity index (χ2n) is 5.02. The maximum absolute atomic E-state index is 11.4. The van der Waals surface area contributed by atoms with Crippen LogP contribution in [0, 0.1) is 0 Å². The number of rotatable bonds is 4. The average molecular weight is 283 g/mol. The number of hydrogen-bond donors (Lipinski definition) is 1. The zero-order valence-electron chi connectivity index (χ0n) is 11.5. The van der Waals surface area contributed by atoms with Crippen molar-refractivity contribution in [1.29, 1.82) is 0 Å². The number of hydrogen-bond acceptors (Lipinski definition) is 4. The summed E-state index contributed by atoms with van der Waals surface area (Å²) in [5.74, 6) is 0. The largest absolute Gasteiger partial charge is 0.381 e. The fourth-order valence-electron chi connectivity index (χ4n) is 2.33. The lowest BCUT2D eigenvalue weighted by atomic mass is 10.1. The summed E-state index contributed by atoms with van der Waals surface area (Å²) in [5.41, 5.74) is 2.23. The highest BCUT2D eigenvalue weighted by atomic mass is 32.2. The number of nitrogens with zero attached hydrogens (tertiary/aromatic N) is 2. The first-order valence-corrected chi connectivity index (χ1v) is 8.49. The summed E-state index contributed by atoms with van der Waals surface area (Å²) in [7, 11) is -3.04. The normalized spacial score (nSPS) is 18.4. The molecule has 1 aliphatic heterocycles. The van der Waals surface area contributed by atoms with Gasteiger partial charge in [-0.05, 0) is 30.9 Å². The van der Waals surface area contributed by atoms with Crippen molar-refractivity contribution in [2.24, 2.45) is 0 Å². The smallest absolute Gasteiger partial charge is 0.211 e. The van der Waals surface area contributed by atoms with Gasteiger partial charge in [-0.2, -0.15) is 0 Å². The Morgan fingerprint density at radius 3 is 2.63 bits per heavy atom. The fourth-order valence-corrected chi connectivity index (χ4v) is 3.20. The van der Waals surface area contributed by atoms with Gasteiger partial charge in [0.15, 0.2) is 0 Å². The molecule has 0 amide bonds. The number of nitrogens with one attached hydrogen (secondary N) is 1. The number of anilines is 1. The van der Waals surface area contributed by atoms with Crippen LogP contribution in [0.3, 0.4) is 0 Å². The van der Waals surface area contributed by atoms with Crippen LogP contribution in [0.5, 0.6) is 0 Å². The highest BCUT2D eigenvalue weighted by Gasteiger charge is 2.24. The lowest BCUT2D eigenvalue weighted by Crippen LogP contribution is -2.41. The molecule has 1 aromatic rings. The van der Waals surface area contributed by atoms with E-state index >= 15 is 0 Å². The minimum atomic E-state index is -3.04. The second-order valence-corrected chi connectivity index (χ2v) is 7.00. The molecule has 0 spiro atoms. The molecule has 1 saturated heterocycles. The molecule has 106 valence electrons. The molecule has 2 rings (SSSR count). The van der Waals surface area contributed by atoms with Crippen molar-refractivity contribution in [2.75, 3.05) is 24.7 Å². The molecule has 0 atom stereocenters. The minimum Gasteiger partial charge on any atom is -0.381 e. The van der Waals surface area contributed by atoms with Crippen LogP contribution in [0.25, 0.3) is 0 Å². The zero-order valence-corrected chi connectivity index (χ0v) is 12.3. The maximum atomic E-state index is 11.4. The molecule has 19 heavy (non-hydrogen) atoms. The highest BCUT2D eigenvalue weighted by Crippen LogP contribution is 2.18. The van der Waals surface area contributed by atoms with E-state index in [0.29, 0.717) is 19.1 Å². The molecule has 1 N–H and O–H groups in total. The van der Waals surface area contributed by atoms with E-state index in [9.17, 15) is 8.42 Å². The Kier molecular flexibility index (Phi) is 4.42. The number of aromatic nitrogens is 1. The Labute approximate surface area is 115 Å². The van der Waals surface area contributed by atoms with Gasteiger partial charge in [0, 0.05) is 31.5 Å². The molecule has 0 radical (unpaired) electrons. The van der Waals surface area contributed by atoms with E-state index in [4.69, 9.17) is 0 Å². The SMILES string of the molecule is CCc1cncc(NC2CCN(S(C)(=O)=O)CC2)c1. The van der Waals surface area contributed by atoms with E-state index in [2.05, 4.69) is 23.3 Å². The van der Waals surface area contributed by atoms with Crippen LogP contribution in [-0.4, -0.2) is 43.1 Å². The lowest BCUT2D eigenvalue weighted by molar-refractivity contribution is 0.332. The summed E-state index contributed by atoms with van der Waals surface area (Å²) >= 11 is 0. The monoisotopic (exact) mass is 283 g/mol. The number of sulfonamides is 1. The summed E-state index contributed by atoms with van der Waals surface area (Å²) < 4.78 is 24.4. The van der Waals surface area contributed by atoms with Crippen LogP contribution in [0.4, 0.5) is 5.69 Å². The molecule has 0 aliphatic carbocycles. The molecule has 6 heteroatoms. The third kappa shape index (κ3) is 3.91. The van der Waals surface area contributed by atoms with Crippen molar-refractivity contribution in [3.05, 3.63) is 24.0 Å². The van der Waals surface area contributed by atoms with Gasteiger partial charge in [0.05, 0.1) is 11.9 Å². The van der Waals surface area contributed by atoms with Crippen molar-refractivity contribution in [3.8, 4) is 0 Å². The summed E-state index contributed by atoms with van der Waals surface area (Å²) in [6, 6.07) is 2.43. The van der Waals surface area contributed by atoms with Gasteiger partial charge in [-0.3, -0.25) is 4.98 Å². The topological polar surface area (TPSA) is 62.3 Å². The van der Waals surface area contributed by atoms with Gasteiger partial charge in [0.25, 0.3) is 0 Å². The lowest BCUT2D eigenvalue weighted by Gasteiger charge is -2.31. The van der Waals surface area contributed by atoms with E-state index in [1.54, 1.807) is 4.31 Å². The fraction of sp³-hybridized carbons (Fsp3) is 0.615. The molecule has 1 fully saturated rings. The molecule has 1 aromatic heterocycles. The molecule has 0 aromatic carbocycles. The van der Waals surface area contributed by atoms with E-state index in [0.717, 1.165) is 24.9 Å². The molecule has 5 nitrogen and oxygen atoms in total. The average Bonchev–Trinajstić information content (AvgIpc) is 2.38. The van der Waals surface area contributed by atoms with Crippen molar-refractivity contribution in [1.82, 2.24) is 9.29 Å². The maximum Gasteiger partial charge on any atom is 0.211 e. The predicted molar refractivity (Wildman–Crippen MR) is 76.7 cm³/mol. The van der Waals surface area contributed by atoms with Crippen LogP contribution < -0.4 is 5.32 Å². The molecule has 2 heterocycles. The number of pyridine rings is 1. The summed E-state index contributed by atoms with van der Waals surface area (Å²) in [6.07, 6.45) is 7.61. The van der Waals surface area contributed by atoms with E-state index < -0.39 is 10.0 Å². The van der Waals surface area contributed by atoms with E-state index in [-0.39, 0.29) is 0 Å². The Hall–Kier alpha value is -1.14. The number of piperidine rings is 1. The van der Waals surface area contributed by atoms with Gasteiger partial charge >= 0.3 is 0 Å². The van der Waals surface area contributed by atoms with Gasteiger partial charge in [-0.1, -0.05) is 6.92 Å². The van der Waals surface area contributed by atoms with Crippen LogP contribution in [-0.2, 0) is 16.4 Å². The van der Waals surface area contributed by atoms with Gasteiger partial charge in [-0.15, -0.1) is 0 Å². The van der Waals surface area contributed by atoms with Crippen molar-refractivity contribution < 1.29 is 8.42 Å². The van der Waals surface area contributed by atoms with E-state index in [1.807, 2.05) is 12.4 Å². The Morgan fingerprint density at radius 1 is 1.37 bits per heavy atom. The molecular weight excluding hydrogens is 262 g/mol. The summed E-state index contributed by atoms with van der Waals surface area (Å²) in [4.78, 5) is 4.21. The zero-order chi connectivity index (χ0) is 13.9. The first-order chi connectivity index (χ1) is 8.99. The van der Waals surface area contributed by atoms with Gasteiger partial charge in [0.1, 0.15) is 0 Å². The molecule has 0 saturated carbocycles. The van der Waals surface area contributed by atoms with Gasteiger partial charge in [-0.25, -0.2) is 12.7 Å². The first-order valence-electron chi connectivity index (χ1n) is 6.64. The predicted octanol–water partition coefficient (Wildman–Crippen LogP) is 1.48. The minimum absolute atomic E-state index is 0.326. The van der Waals surface area contributed by atoms with Crippen LogP contribution >= 0.6 is 0 Å². The van der Waals surface area contributed by atoms with Gasteiger partial charge in [0.2, 0.25) is 10.0 Å². The second kappa shape index (κ2) is 5.88. The van der Waals surface area contributed by atoms with E-state index in [1.165, 1.54) is 11.8 Å². The van der Waals surface area contributed by atoms with Gasteiger partial charge < -0.3 is 5.32 Å². The van der Waals surface area contributed by atoms with Crippen LogP contribution in [0.15, 0.2) is 18.5 Å². The summed E-state index contributed by atoms with van der Waals surface area (Å²) in [6.45, 7) is 3.29. The quantitative estimate of drug-likeness (QED) is 0.909. The third-order valence-corrected chi connectivity index (χ3v) is 4.80. The highest BCUT2D eigenvalue weighted by molar-refractivity contribution is 7.88. The van der Waals surface area contributed by atoms with Crippen molar-refractivity contribution >= 4 is 15.7 Å². The van der Waals surface area contributed by atoms with Crippen LogP contribution in [0.1, 0.15) is 25.3 Å². The molecular formula is C13H21N3O2S. The number of aryl methyl sites for hydroxylation is 1. The third-order valence-electron chi connectivity index (χ3n) is 3.50. The van der Waals surface area contributed by atoms with Crippen LogP contribution in [0.2, 0.25) is 0 Å². The molecule has 1 aliphatic rings. The first kappa shape index (κ1) is 14.3. The Morgan fingerprint density at radius 2 is 2.05 bits per heavy atom. The van der Waals surface area contributed by atoms with Crippen molar-refractivity contribution in [2.45, 2.75) is 32.2 Å². The molecule has 0 bridgehead atoms. The van der Waals surface area contributed by atoms with Crippen molar-refractivity contribution in [3.63, 3.8) is 0 Å². The standard InChI is InChI=1S/C13H21N3O2S/c1-3-11-8-13(10-14-9-11)15-12-4-6-16(7-5-12)19(2,17)18/h8-10,12,15H,3-7H2,1-2H3. The summed E-state index contributed by atoms with van der Waals surface area (Å²) in [5, 5.41) is 3.44. The Bertz CT molecular complexity index is 522. The Balaban J connectivity index is 1.92.